The average Bonchev–Trinajstić information content (AvgIpc) is 3.50. The number of carbonyl (C=O) groups is 2. The number of benzene rings is 3. The monoisotopic (exact) mass is 684 g/mol. The second-order valence-corrected chi connectivity index (χ2v) is 13.8. The molecule has 0 aliphatic carbocycles. The van der Waals surface area contributed by atoms with Crippen molar-refractivity contribution in [1.29, 1.82) is 0 Å². The van der Waals surface area contributed by atoms with Crippen LogP contribution in [0.15, 0.2) is 60.8 Å². The molecule has 10 heteroatoms. The van der Waals surface area contributed by atoms with E-state index in [1.54, 1.807) is 30.3 Å². The van der Waals surface area contributed by atoms with Gasteiger partial charge in [0.25, 0.3) is 5.91 Å². The van der Waals surface area contributed by atoms with Crippen LogP contribution in [0.2, 0.25) is 20.1 Å². The van der Waals surface area contributed by atoms with Crippen LogP contribution >= 0.6 is 46.4 Å². The van der Waals surface area contributed by atoms with Crippen LogP contribution in [0.4, 0.5) is 0 Å². The fourth-order valence-electron chi connectivity index (χ4n) is 7.01. The molecule has 3 heterocycles. The van der Waals surface area contributed by atoms with Gasteiger partial charge in [-0.1, -0.05) is 77.6 Å². The van der Waals surface area contributed by atoms with Crippen molar-refractivity contribution in [3.8, 4) is 0 Å². The maximum atomic E-state index is 13.4. The third-order valence-corrected chi connectivity index (χ3v) is 10.3. The van der Waals surface area contributed by atoms with E-state index in [9.17, 15) is 9.59 Å². The Balaban J connectivity index is 1.09. The molecule has 1 amide bonds. The minimum absolute atomic E-state index is 0.0512. The predicted octanol–water partition coefficient (Wildman–Crippen LogP) is 8.17. The summed E-state index contributed by atoms with van der Waals surface area (Å²) in [5.74, 6) is -0.0582. The summed E-state index contributed by atoms with van der Waals surface area (Å²) in [4.78, 5) is 31.3. The molecule has 2 bridgehead atoms. The number of para-hydroxylation sites is 1. The smallest absolute Gasteiger partial charge is 0.253 e. The molecule has 2 aliphatic rings. The van der Waals surface area contributed by atoms with Crippen LogP contribution < -0.4 is 5.32 Å². The highest BCUT2D eigenvalue weighted by Crippen LogP contribution is 2.32. The molecule has 0 saturated carbocycles. The molecule has 4 aromatic rings. The van der Waals surface area contributed by atoms with Gasteiger partial charge in [-0.15, -0.1) is 0 Å². The Morgan fingerprint density at radius 1 is 0.889 bits per heavy atom. The van der Waals surface area contributed by atoms with Crippen molar-refractivity contribution in [3.63, 3.8) is 0 Å². The van der Waals surface area contributed by atoms with Gasteiger partial charge in [0.15, 0.2) is 5.78 Å². The number of Topliss-reactive ketones (excluding diaryl/α,β-unsaturated/α-hetero) is 1. The number of aryl methyl sites for hydroxylation is 2. The Hall–Kier alpha value is -2.58. The van der Waals surface area contributed by atoms with Crippen LogP contribution in [0.3, 0.4) is 0 Å². The summed E-state index contributed by atoms with van der Waals surface area (Å²) in [6.45, 7) is 6.46. The summed E-state index contributed by atoms with van der Waals surface area (Å²) in [6, 6.07) is 17.5. The van der Waals surface area contributed by atoms with Gasteiger partial charge in [-0.3, -0.25) is 19.4 Å². The van der Waals surface area contributed by atoms with E-state index in [4.69, 9.17) is 46.4 Å². The summed E-state index contributed by atoms with van der Waals surface area (Å²) in [7, 11) is 0. The molecule has 2 fully saturated rings. The highest BCUT2D eigenvalue weighted by Gasteiger charge is 2.39. The summed E-state index contributed by atoms with van der Waals surface area (Å²) >= 11 is 24.5. The molecule has 3 aromatic carbocycles. The molecule has 1 aromatic heterocycles. The lowest BCUT2D eigenvalue weighted by Crippen LogP contribution is -2.54. The Labute approximate surface area is 284 Å². The van der Waals surface area contributed by atoms with E-state index in [-0.39, 0.29) is 11.7 Å². The van der Waals surface area contributed by atoms with Gasteiger partial charge in [0.05, 0.1) is 27.7 Å². The normalized spacial score (nSPS) is 18.5. The van der Waals surface area contributed by atoms with Crippen LogP contribution in [-0.2, 0) is 19.5 Å². The van der Waals surface area contributed by atoms with Crippen molar-refractivity contribution in [2.45, 2.75) is 57.8 Å². The molecule has 0 spiro atoms. The number of likely N-dealkylation sites (tertiary alicyclic amines) is 1. The molecule has 45 heavy (non-hydrogen) atoms. The van der Waals surface area contributed by atoms with Crippen LogP contribution in [-0.4, -0.2) is 64.3 Å². The molecule has 1 N–H and O–H groups in total. The summed E-state index contributed by atoms with van der Waals surface area (Å²) in [6.07, 6.45) is 6.16. The standard InChI is InChI=1S/C35H36Cl4N4O2/c1-2-23-5-3-6-29-30(35(45)40-17-22-7-10-31(38)32(39)13-22)20-42(34(23)29)11-4-12-43-27-8-9-28(43)19-41(18-27)21-33(44)24-14-25(36)16-26(37)15-24/h3,5-7,10,13-16,20,27-28H,2,4,8-9,11-12,17-19,21H2,1H3,(H,40,45). The van der Waals surface area contributed by atoms with Gasteiger partial charge in [0.1, 0.15) is 0 Å². The third-order valence-electron chi connectivity index (χ3n) is 9.12. The number of hydrogen-bond donors (Lipinski definition) is 1. The van der Waals surface area contributed by atoms with Gasteiger partial charge < -0.3 is 9.88 Å². The number of fused-ring (bicyclic) bond motifs is 3. The van der Waals surface area contributed by atoms with Crippen molar-refractivity contribution >= 4 is 69.0 Å². The highest BCUT2D eigenvalue weighted by atomic mass is 35.5. The predicted molar refractivity (Wildman–Crippen MR) is 184 cm³/mol. The van der Waals surface area contributed by atoms with Gasteiger partial charge in [-0.05, 0) is 67.1 Å². The fraction of sp³-hybridized carbons (Fsp3) is 0.371. The van der Waals surface area contributed by atoms with E-state index in [0.717, 1.165) is 68.3 Å². The SMILES string of the molecule is CCc1cccc2c(C(=O)NCc3ccc(Cl)c(Cl)c3)cn(CCCN3C4CCC3CN(CC(=O)c3cc(Cl)cc(Cl)c3)C4)c12. The van der Waals surface area contributed by atoms with E-state index >= 15 is 0 Å². The third kappa shape index (κ3) is 7.22. The van der Waals surface area contributed by atoms with Crippen LogP contribution in [0.25, 0.3) is 10.9 Å². The Kier molecular flexibility index (Phi) is 10.1. The van der Waals surface area contributed by atoms with Crippen molar-refractivity contribution < 1.29 is 9.59 Å². The summed E-state index contributed by atoms with van der Waals surface area (Å²) in [5, 5.41) is 5.96. The number of hydrogen-bond acceptors (Lipinski definition) is 4. The van der Waals surface area contributed by atoms with Crippen LogP contribution in [0.5, 0.6) is 0 Å². The molecule has 2 aliphatic heterocycles. The van der Waals surface area contributed by atoms with Crippen molar-refractivity contribution in [2.24, 2.45) is 0 Å². The molecular formula is C35H36Cl4N4O2. The molecule has 6 nitrogen and oxygen atoms in total. The minimum Gasteiger partial charge on any atom is -0.348 e. The van der Waals surface area contributed by atoms with Gasteiger partial charge in [0, 0.05) is 72.0 Å². The second-order valence-electron chi connectivity index (χ2n) is 12.1. The molecule has 2 atom stereocenters. The first-order valence-corrected chi connectivity index (χ1v) is 17.0. The lowest BCUT2D eigenvalue weighted by Gasteiger charge is -2.41. The number of nitrogens with zero attached hydrogens (tertiary/aromatic N) is 3. The highest BCUT2D eigenvalue weighted by molar-refractivity contribution is 6.42. The van der Waals surface area contributed by atoms with Crippen molar-refractivity contribution in [3.05, 3.63) is 103 Å². The minimum atomic E-state index is -0.109. The van der Waals surface area contributed by atoms with Gasteiger partial charge >= 0.3 is 0 Å². The molecule has 0 radical (unpaired) electrons. The number of aromatic nitrogens is 1. The number of amides is 1. The second kappa shape index (κ2) is 14.0. The first-order chi connectivity index (χ1) is 21.7. The quantitative estimate of drug-likeness (QED) is 0.162. The molecule has 2 unspecified atom stereocenters. The number of carbonyl (C=O) groups excluding carboxylic acids is 2. The van der Waals surface area contributed by atoms with Gasteiger partial charge in [0.2, 0.25) is 0 Å². The molecule has 2 saturated heterocycles. The van der Waals surface area contributed by atoms with E-state index < -0.39 is 0 Å². The number of halogens is 4. The summed E-state index contributed by atoms with van der Waals surface area (Å²) in [5.41, 5.74) is 4.50. The lowest BCUT2D eigenvalue weighted by molar-refractivity contribution is 0.0588. The largest absolute Gasteiger partial charge is 0.348 e. The van der Waals surface area contributed by atoms with Crippen molar-refractivity contribution in [1.82, 2.24) is 19.7 Å². The Morgan fingerprint density at radius 2 is 1.62 bits per heavy atom. The Bertz CT molecular complexity index is 1700. The molecular weight excluding hydrogens is 650 g/mol. The van der Waals surface area contributed by atoms with E-state index in [1.165, 1.54) is 5.56 Å². The van der Waals surface area contributed by atoms with Crippen LogP contribution in [0.1, 0.15) is 58.0 Å². The first-order valence-electron chi connectivity index (χ1n) is 15.5. The maximum Gasteiger partial charge on any atom is 0.253 e. The fourth-order valence-corrected chi connectivity index (χ4v) is 7.86. The zero-order valence-corrected chi connectivity index (χ0v) is 28.2. The van der Waals surface area contributed by atoms with Gasteiger partial charge in [-0.25, -0.2) is 0 Å². The van der Waals surface area contributed by atoms with Crippen LogP contribution in [0, 0.1) is 0 Å². The number of nitrogens with one attached hydrogen (secondary N) is 1. The molecule has 236 valence electrons. The topological polar surface area (TPSA) is 57.6 Å². The zero-order valence-electron chi connectivity index (χ0n) is 25.2. The molecule has 6 rings (SSSR count). The Morgan fingerprint density at radius 3 is 2.31 bits per heavy atom. The number of ketones is 1. The summed E-state index contributed by atoms with van der Waals surface area (Å²) < 4.78 is 2.26. The van der Waals surface area contributed by atoms with E-state index in [1.807, 2.05) is 24.4 Å². The van der Waals surface area contributed by atoms with E-state index in [0.29, 0.717) is 56.4 Å². The first kappa shape index (κ1) is 32.4. The van der Waals surface area contributed by atoms with E-state index in [2.05, 4.69) is 32.7 Å². The average molecular weight is 687 g/mol. The van der Waals surface area contributed by atoms with Gasteiger partial charge in [-0.2, -0.15) is 0 Å². The number of rotatable bonds is 11. The lowest BCUT2D eigenvalue weighted by atomic mass is 10.1. The van der Waals surface area contributed by atoms with Crippen molar-refractivity contribution in [2.75, 3.05) is 26.2 Å². The number of piperazine rings is 1. The zero-order chi connectivity index (χ0) is 31.7. The maximum absolute atomic E-state index is 13.4.